The number of anilines is 1. The molecule has 7 heteroatoms. The van der Waals surface area contributed by atoms with Crippen LogP contribution in [0.4, 0.5) is 5.69 Å². The molecule has 2 heterocycles. The van der Waals surface area contributed by atoms with E-state index in [2.05, 4.69) is 39.0 Å². The predicted molar refractivity (Wildman–Crippen MR) is 120 cm³/mol. The Morgan fingerprint density at radius 1 is 1.10 bits per heavy atom. The van der Waals surface area contributed by atoms with E-state index in [0.717, 1.165) is 45.2 Å². The minimum absolute atomic E-state index is 0.0306. The third-order valence-corrected chi connectivity index (χ3v) is 6.41. The van der Waals surface area contributed by atoms with E-state index < -0.39 is 10.0 Å². The zero-order valence-corrected chi connectivity index (χ0v) is 17.9. The molecular formula is C23H27N3O3S. The maximum absolute atomic E-state index is 12.8. The van der Waals surface area contributed by atoms with Gasteiger partial charge in [-0.15, -0.1) is 0 Å². The van der Waals surface area contributed by atoms with E-state index in [-0.39, 0.29) is 11.7 Å². The molecule has 0 aliphatic carbocycles. The van der Waals surface area contributed by atoms with Crippen molar-refractivity contribution in [2.24, 2.45) is 5.92 Å². The molecule has 0 spiro atoms. The van der Waals surface area contributed by atoms with Crippen LogP contribution < -0.4 is 4.72 Å². The van der Waals surface area contributed by atoms with Crippen LogP contribution in [-0.2, 0) is 16.4 Å². The summed E-state index contributed by atoms with van der Waals surface area (Å²) in [6, 6.07) is 15.1. The Kier molecular flexibility index (Phi) is 5.92. The van der Waals surface area contributed by atoms with Gasteiger partial charge >= 0.3 is 0 Å². The number of hydrogen-bond acceptors (Lipinski definition) is 4. The van der Waals surface area contributed by atoms with Crippen LogP contribution >= 0.6 is 0 Å². The van der Waals surface area contributed by atoms with Crippen molar-refractivity contribution in [1.29, 1.82) is 0 Å². The highest BCUT2D eigenvalue weighted by molar-refractivity contribution is 7.92. The first-order valence-corrected chi connectivity index (χ1v) is 12.2. The third-order valence-electron chi connectivity index (χ3n) is 5.80. The number of Topliss-reactive ketones (excluding diaryl/α,β-unsaturated/α-hetero) is 1. The van der Waals surface area contributed by atoms with Crippen molar-refractivity contribution in [2.45, 2.75) is 19.3 Å². The largest absolute Gasteiger partial charge is 0.361 e. The van der Waals surface area contributed by atoms with Gasteiger partial charge in [0.15, 0.2) is 5.78 Å². The van der Waals surface area contributed by atoms with Crippen molar-refractivity contribution in [3.8, 4) is 0 Å². The molecule has 0 atom stereocenters. The van der Waals surface area contributed by atoms with Crippen LogP contribution in [0.2, 0.25) is 0 Å². The van der Waals surface area contributed by atoms with Gasteiger partial charge in [0, 0.05) is 40.8 Å². The second-order valence-electron chi connectivity index (χ2n) is 8.04. The monoisotopic (exact) mass is 425 g/mol. The maximum Gasteiger partial charge on any atom is 0.229 e. The molecule has 30 heavy (non-hydrogen) atoms. The number of aromatic nitrogens is 1. The summed E-state index contributed by atoms with van der Waals surface area (Å²) in [5, 5.41) is 1.29. The number of benzene rings is 2. The highest BCUT2D eigenvalue weighted by Gasteiger charge is 2.25. The summed E-state index contributed by atoms with van der Waals surface area (Å²) in [5.74, 6) is 0.181. The molecule has 2 N–H and O–H groups in total. The van der Waals surface area contributed by atoms with E-state index in [1.54, 1.807) is 24.3 Å². The summed E-state index contributed by atoms with van der Waals surface area (Å²) in [5.41, 5.74) is 3.63. The molecule has 0 saturated carbocycles. The van der Waals surface area contributed by atoms with E-state index in [1.165, 1.54) is 16.5 Å². The second-order valence-corrected chi connectivity index (χ2v) is 9.79. The fraction of sp³-hybridized carbons (Fsp3) is 0.348. The number of carbonyl (C=O) groups excluding carboxylic acids is 1. The first-order valence-electron chi connectivity index (χ1n) is 10.3. The van der Waals surface area contributed by atoms with Gasteiger partial charge in [-0.2, -0.15) is 0 Å². The molecule has 1 aliphatic heterocycles. The summed E-state index contributed by atoms with van der Waals surface area (Å²) in [4.78, 5) is 18.6. The minimum Gasteiger partial charge on any atom is -0.361 e. The first-order chi connectivity index (χ1) is 14.4. The van der Waals surface area contributed by atoms with Crippen molar-refractivity contribution in [3.05, 3.63) is 65.9 Å². The zero-order valence-electron chi connectivity index (χ0n) is 17.1. The van der Waals surface area contributed by atoms with Crippen molar-refractivity contribution in [3.63, 3.8) is 0 Å². The number of nitrogens with one attached hydrogen (secondary N) is 2. The Morgan fingerprint density at radius 2 is 1.80 bits per heavy atom. The number of piperidine rings is 1. The number of rotatable bonds is 7. The molecule has 1 saturated heterocycles. The number of H-pyrrole nitrogens is 1. The quantitative estimate of drug-likeness (QED) is 0.566. The Morgan fingerprint density at radius 3 is 2.50 bits per heavy atom. The number of aromatic amines is 1. The average Bonchev–Trinajstić information content (AvgIpc) is 3.15. The van der Waals surface area contributed by atoms with Gasteiger partial charge in [-0.1, -0.05) is 18.2 Å². The van der Waals surface area contributed by atoms with Crippen LogP contribution in [0.1, 0.15) is 28.8 Å². The number of carbonyl (C=O) groups is 1. The van der Waals surface area contributed by atoms with Gasteiger partial charge in [-0.25, -0.2) is 8.42 Å². The van der Waals surface area contributed by atoms with Gasteiger partial charge in [0.2, 0.25) is 10.0 Å². The van der Waals surface area contributed by atoms with Gasteiger partial charge in [0.1, 0.15) is 0 Å². The van der Waals surface area contributed by atoms with Gasteiger partial charge < -0.3 is 9.88 Å². The summed E-state index contributed by atoms with van der Waals surface area (Å²) in [7, 11) is -3.31. The molecule has 158 valence electrons. The summed E-state index contributed by atoms with van der Waals surface area (Å²) < 4.78 is 25.0. The fourth-order valence-electron chi connectivity index (χ4n) is 4.19. The lowest BCUT2D eigenvalue weighted by Crippen LogP contribution is -2.37. The smallest absolute Gasteiger partial charge is 0.229 e. The van der Waals surface area contributed by atoms with Gasteiger partial charge in [-0.05, 0) is 68.2 Å². The standard InChI is InChI=1S/C23H27N3O3S/c1-30(28,29)25-20-8-6-17(7-9-20)23(27)18-10-13-26(14-11-18)15-12-19-16-24-22-5-3-2-4-21(19)22/h2-9,16,18,24-25H,10-15H2,1H3. The van der Waals surface area contributed by atoms with Crippen molar-refractivity contribution < 1.29 is 13.2 Å². The number of para-hydroxylation sites is 1. The summed E-state index contributed by atoms with van der Waals surface area (Å²) in [6.45, 7) is 2.84. The van der Waals surface area contributed by atoms with Crippen LogP contribution in [0.15, 0.2) is 54.7 Å². The molecular weight excluding hydrogens is 398 g/mol. The molecule has 2 aromatic carbocycles. The fourth-order valence-corrected chi connectivity index (χ4v) is 4.75. The number of fused-ring (bicyclic) bond motifs is 1. The Balaban J connectivity index is 1.29. The second kappa shape index (κ2) is 8.62. The lowest BCUT2D eigenvalue weighted by atomic mass is 9.88. The molecule has 0 radical (unpaired) electrons. The minimum atomic E-state index is -3.31. The highest BCUT2D eigenvalue weighted by atomic mass is 32.2. The van der Waals surface area contributed by atoms with Gasteiger partial charge in [0.05, 0.1) is 6.26 Å². The molecule has 1 aliphatic rings. The number of nitrogens with zero attached hydrogens (tertiary/aromatic N) is 1. The molecule has 1 aromatic heterocycles. The molecule has 1 fully saturated rings. The molecule has 6 nitrogen and oxygen atoms in total. The number of ketones is 1. The van der Waals surface area contributed by atoms with Crippen molar-refractivity contribution in [1.82, 2.24) is 9.88 Å². The van der Waals surface area contributed by atoms with E-state index in [4.69, 9.17) is 0 Å². The van der Waals surface area contributed by atoms with Crippen molar-refractivity contribution in [2.75, 3.05) is 30.6 Å². The first kappa shape index (κ1) is 20.6. The van der Waals surface area contributed by atoms with Crippen LogP contribution in [0.3, 0.4) is 0 Å². The lowest BCUT2D eigenvalue weighted by molar-refractivity contribution is 0.0841. The van der Waals surface area contributed by atoms with Crippen molar-refractivity contribution >= 4 is 32.4 Å². The van der Waals surface area contributed by atoms with Crippen LogP contribution in [-0.4, -0.2) is 50.0 Å². The molecule has 4 rings (SSSR count). The van der Waals surface area contributed by atoms with Crippen LogP contribution in [0.5, 0.6) is 0 Å². The Hall–Kier alpha value is -2.64. The maximum atomic E-state index is 12.8. The molecule has 0 bridgehead atoms. The van der Waals surface area contributed by atoms with Gasteiger partial charge in [0.25, 0.3) is 0 Å². The third kappa shape index (κ3) is 4.91. The van der Waals surface area contributed by atoms with E-state index in [9.17, 15) is 13.2 Å². The number of likely N-dealkylation sites (tertiary alicyclic amines) is 1. The molecule has 0 amide bonds. The normalized spacial score (nSPS) is 16.0. The van der Waals surface area contributed by atoms with Gasteiger partial charge in [-0.3, -0.25) is 9.52 Å². The predicted octanol–water partition coefficient (Wildman–Crippen LogP) is 3.68. The summed E-state index contributed by atoms with van der Waals surface area (Å²) >= 11 is 0. The van der Waals surface area contributed by atoms with Crippen LogP contribution in [0.25, 0.3) is 10.9 Å². The Bertz CT molecular complexity index is 1130. The SMILES string of the molecule is CS(=O)(=O)Nc1ccc(C(=O)C2CCN(CCc3c[nH]c4ccccc34)CC2)cc1. The van der Waals surface area contributed by atoms with E-state index in [0.29, 0.717) is 11.3 Å². The summed E-state index contributed by atoms with van der Waals surface area (Å²) in [6.07, 6.45) is 5.92. The van der Waals surface area contributed by atoms with E-state index in [1.807, 2.05) is 6.07 Å². The highest BCUT2D eigenvalue weighted by Crippen LogP contribution is 2.24. The molecule has 3 aromatic rings. The molecule has 0 unspecified atom stereocenters. The number of hydrogen-bond donors (Lipinski definition) is 2. The number of sulfonamides is 1. The van der Waals surface area contributed by atoms with Crippen LogP contribution in [0, 0.1) is 5.92 Å². The Labute approximate surface area is 177 Å². The van der Waals surface area contributed by atoms with E-state index >= 15 is 0 Å². The average molecular weight is 426 g/mol. The topological polar surface area (TPSA) is 82.3 Å². The zero-order chi connectivity index (χ0) is 21.1. The lowest BCUT2D eigenvalue weighted by Gasteiger charge is -2.31.